The lowest BCUT2D eigenvalue weighted by Gasteiger charge is -2.19. The number of anilines is 1. The lowest BCUT2D eigenvalue weighted by molar-refractivity contribution is -0.123. The number of amides is 1. The number of benzene rings is 1. The summed E-state index contributed by atoms with van der Waals surface area (Å²) in [5.41, 5.74) is 13.8. The van der Waals surface area contributed by atoms with Gasteiger partial charge >= 0.3 is 0 Å². The van der Waals surface area contributed by atoms with Crippen molar-refractivity contribution in [3.8, 4) is 11.3 Å². The van der Waals surface area contributed by atoms with Crippen molar-refractivity contribution in [2.45, 2.75) is 58.0 Å². The molecule has 6 N–H and O–H groups in total. The maximum atomic E-state index is 13.6. The summed E-state index contributed by atoms with van der Waals surface area (Å²) in [7, 11) is 3.77. The molecule has 0 radical (unpaired) electrons. The van der Waals surface area contributed by atoms with E-state index >= 15 is 0 Å². The Hall–Kier alpha value is -3.53. The van der Waals surface area contributed by atoms with Gasteiger partial charge in [0.05, 0.1) is 23.9 Å². The minimum Gasteiger partial charge on any atom is -0.393 e. The lowest BCUT2D eigenvalue weighted by atomic mass is 9.97. The van der Waals surface area contributed by atoms with E-state index in [0.717, 1.165) is 35.4 Å². The van der Waals surface area contributed by atoms with Crippen LogP contribution in [0.3, 0.4) is 0 Å². The van der Waals surface area contributed by atoms with E-state index in [1.165, 1.54) is 12.1 Å². The number of halogens is 1. The zero-order valence-electron chi connectivity index (χ0n) is 22.2. The van der Waals surface area contributed by atoms with Gasteiger partial charge in [0, 0.05) is 38.3 Å². The minimum absolute atomic E-state index is 0.0421. The van der Waals surface area contributed by atoms with Gasteiger partial charge in [0.1, 0.15) is 5.82 Å². The van der Waals surface area contributed by atoms with Crippen LogP contribution in [-0.4, -0.2) is 60.2 Å². The molecule has 0 saturated heterocycles. The van der Waals surface area contributed by atoms with E-state index in [-0.39, 0.29) is 30.0 Å². The fourth-order valence-corrected chi connectivity index (χ4v) is 3.66. The van der Waals surface area contributed by atoms with Crippen molar-refractivity contribution in [1.29, 1.82) is 0 Å². The summed E-state index contributed by atoms with van der Waals surface area (Å²) in [4.78, 5) is 27.3. The normalized spacial score (nSPS) is 12.1. The number of allylic oxidation sites excluding steroid dienone is 1. The van der Waals surface area contributed by atoms with Crippen molar-refractivity contribution in [1.82, 2.24) is 15.3 Å². The third-order valence-corrected chi connectivity index (χ3v) is 5.60. The average molecular weight is 514 g/mol. The first-order valence-electron chi connectivity index (χ1n) is 12.6. The van der Waals surface area contributed by atoms with E-state index in [1.807, 2.05) is 31.1 Å². The van der Waals surface area contributed by atoms with Gasteiger partial charge in [-0.25, -0.2) is 14.4 Å². The molecule has 10 heteroatoms. The highest BCUT2D eigenvalue weighted by atomic mass is 19.1. The summed E-state index contributed by atoms with van der Waals surface area (Å²) in [6, 6.07) is 6.26. The SMILES string of the molecule is CC(C)c1nc(N(C)C)nc(-c2ccc(F)cc2)c1/C=C/CCC(O)CC(=O)NCCCCN=C(N)N. The Labute approximate surface area is 218 Å². The molecule has 2 aromatic rings. The van der Waals surface area contributed by atoms with Crippen molar-refractivity contribution >= 4 is 23.9 Å². The number of nitrogens with zero attached hydrogens (tertiary/aromatic N) is 4. The van der Waals surface area contributed by atoms with E-state index in [2.05, 4.69) is 24.2 Å². The highest BCUT2D eigenvalue weighted by Crippen LogP contribution is 2.31. The van der Waals surface area contributed by atoms with Gasteiger partial charge in [0.25, 0.3) is 0 Å². The second kappa shape index (κ2) is 14.9. The first-order chi connectivity index (χ1) is 17.6. The largest absolute Gasteiger partial charge is 0.393 e. The van der Waals surface area contributed by atoms with Crippen LogP contribution < -0.4 is 21.7 Å². The van der Waals surface area contributed by atoms with Crippen LogP contribution in [0, 0.1) is 5.82 Å². The summed E-state index contributed by atoms with van der Waals surface area (Å²) in [6.45, 7) is 5.17. The number of aliphatic hydroxyl groups excluding tert-OH is 1. The predicted octanol–water partition coefficient (Wildman–Crippen LogP) is 3.19. The van der Waals surface area contributed by atoms with Crippen molar-refractivity contribution in [2.24, 2.45) is 16.5 Å². The van der Waals surface area contributed by atoms with Crippen LogP contribution in [0.15, 0.2) is 35.3 Å². The van der Waals surface area contributed by atoms with Crippen LogP contribution >= 0.6 is 0 Å². The Morgan fingerprint density at radius 1 is 1.19 bits per heavy atom. The first kappa shape index (κ1) is 29.7. The van der Waals surface area contributed by atoms with Crippen molar-refractivity contribution < 1.29 is 14.3 Å². The highest BCUT2D eigenvalue weighted by Gasteiger charge is 2.18. The van der Waals surface area contributed by atoms with Gasteiger partial charge in [0.15, 0.2) is 5.96 Å². The summed E-state index contributed by atoms with van der Waals surface area (Å²) in [6.07, 6.45) is 5.74. The number of aliphatic imine (C=N–C) groups is 1. The second-order valence-corrected chi connectivity index (χ2v) is 9.43. The van der Waals surface area contributed by atoms with Crippen LogP contribution in [0.1, 0.15) is 63.1 Å². The van der Waals surface area contributed by atoms with E-state index in [1.54, 1.807) is 12.1 Å². The minimum atomic E-state index is -0.750. The third-order valence-electron chi connectivity index (χ3n) is 5.60. The molecule has 1 aromatic carbocycles. The van der Waals surface area contributed by atoms with Crippen LogP contribution in [0.25, 0.3) is 17.3 Å². The number of guanidine groups is 1. The molecule has 1 amide bonds. The molecule has 202 valence electrons. The molecule has 2 rings (SSSR count). The monoisotopic (exact) mass is 513 g/mol. The summed E-state index contributed by atoms with van der Waals surface area (Å²) in [5, 5.41) is 13.1. The van der Waals surface area contributed by atoms with Crippen LogP contribution in [0.2, 0.25) is 0 Å². The fraction of sp³-hybridized carbons (Fsp3) is 0.481. The number of hydrogen-bond acceptors (Lipinski definition) is 6. The van der Waals surface area contributed by atoms with Crippen molar-refractivity contribution in [2.75, 3.05) is 32.1 Å². The molecule has 0 bridgehead atoms. The molecule has 0 aliphatic rings. The maximum absolute atomic E-state index is 13.6. The van der Waals surface area contributed by atoms with E-state index in [0.29, 0.717) is 31.9 Å². The smallest absolute Gasteiger partial charge is 0.225 e. The third kappa shape index (κ3) is 10.2. The molecule has 37 heavy (non-hydrogen) atoms. The zero-order chi connectivity index (χ0) is 27.4. The molecule has 1 aromatic heterocycles. The van der Waals surface area contributed by atoms with E-state index in [4.69, 9.17) is 21.4 Å². The number of nitrogens with two attached hydrogens (primary N) is 2. The summed E-state index contributed by atoms with van der Waals surface area (Å²) in [5.74, 6) is 0.279. The quantitative estimate of drug-likeness (QED) is 0.173. The number of carbonyl (C=O) groups is 1. The Kier molecular flexibility index (Phi) is 12.0. The number of hydrogen-bond donors (Lipinski definition) is 4. The van der Waals surface area contributed by atoms with Gasteiger partial charge in [-0.3, -0.25) is 9.79 Å². The van der Waals surface area contributed by atoms with Gasteiger partial charge in [-0.2, -0.15) is 0 Å². The Morgan fingerprint density at radius 2 is 1.89 bits per heavy atom. The van der Waals surface area contributed by atoms with Gasteiger partial charge < -0.3 is 26.8 Å². The number of aromatic nitrogens is 2. The first-order valence-corrected chi connectivity index (χ1v) is 12.6. The molecule has 0 aliphatic carbocycles. The van der Waals surface area contributed by atoms with Crippen LogP contribution in [0.4, 0.5) is 10.3 Å². The molecule has 0 saturated carbocycles. The molecule has 1 heterocycles. The molecule has 9 nitrogen and oxygen atoms in total. The predicted molar refractivity (Wildman–Crippen MR) is 148 cm³/mol. The second-order valence-electron chi connectivity index (χ2n) is 9.43. The molecule has 1 atom stereocenters. The molecule has 0 aliphatic heterocycles. The Bertz CT molecular complexity index is 1070. The summed E-state index contributed by atoms with van der Waals surface area (Å²) < 4.78 is 13.6. The number of rotatable bonds is 14. The fourth-order valence-electron chi connectivity index (χ4n) is 3.66. The number of carbonyl (C=O) groups excluding carboxylic acids is 1. The number of nitrogens with one attached hydrogen (secondary N) is 1. The van der Waals surface area contributed by atoms with Gasteiger partial charge in [-0.05, 0) is 55.9 Å². The molecular formula is C27H40FN7O2. The Balaban J connectivity index is 2.02. The van der Waals surface area contributed by atoms with E-state index in [9.17, 15) is 14.3 Å². The highest BCUT2D eigenvalue weighted by molar-refractivity contribution is 5.77. The van der Waals surface area contributed by atoms with Crippen LogP contribution in [-0.2, 0) is 4.79 Å². The lowest BCUT2D eigenvalue weighted by Crippen LogP contribution is -2.28. The molecule has 0 spiro atoms. The standard InChI is InChI=1S/C27H40FN7O2/c1-18(2)24-22(25(34-27(33-24)35(3)4)19-11-13-20(28)14-12-19)10-6-5-9-21(36)17-23(37)31-15-7-8-16-32-26(29)30/h6,10-14,18,21,36H,5,7-9,15-17H2,1-4H3,(H,31,37)(H4,29,30,32)/b10-6+. The average Bonchev–Trinajstić information content (AvgIpc) is 2.83. The molecule has 0 fully saturated rings. The molecule has 1 unspecified atom stereocenters. The van der Waals surface area contributed by atoms with Crippen molar-refractivity contribution in [3.05, 3.63) is 47.4 Å². The van der Waals surface area contributed by atoms with E-state index < -0.39 is 6.10 Å². The topological polar surface area (TPSA) is 143 Å². The number of unbranched alkanes of at least 4 members (excludes halogenated alkanes) is 1. The Morgan fingerprint density at radius 3 is 2.51 bits per heavy atom. The molecular weight excluding hydrogens is 473 g/mol. The number of aliphatic hydroxyl groups is 1. The van der Waals surface area contributed by atoms with Gasteiger partial charge in [0.2, 0.25) is 11.9 Å². The van der Waals surface area contributed by atoms with Gasteiger partial charge in [-0.15, -0.1) is 0 Å². The maximum Gasteiger partial charge on any atom is 0.225 e. The summed E-state index contributed by atoms with van der Waals surface area (Å²) >= 11 is 0. The van der Waals surface area contributed by atoms with Crippen LogP contribution in [0.5, 0.6) is 0 Å². The van der Waals surface area contributed by atoms with Crippen molar-refractivity contribution in [3.63, 3.8) is 0 Å². The van der Waals surface area contributed by atoms with Gasteiger partial charge in [-0.1, -0.05) is 26.0 Å². The zero-order valence-corrected chi connectivity index (χ0v) is 22.2.